The van der Waals surface area contributed by atoms with Crippen LogP contribution in [-0.4, -0.2) is 38.1 Å². The molecule has 162 valence electrons. The van der Waals surface area contributed by atoms with E-state index in [1.807, 2.05) is 42.5 Å². The Morgan fingerprint density at radius 3 is 2.27 bits per heavy atom. The van der Waals surface area contributed by atoms with E-state index in [9.17, 15) is 4.79 Å². The zero-order valence-electron chi connectivity index (χ0n) is 17.9. The van der Waals surface area contributed by atoms with E-state index < -0.39 is 0 Å². The fraction of sp³-hybridized carbons (Fsp3) is 0.480. The maximum absolute atomic E-state index is 12.3. The largest absolute Gasteiger partial charge is 0.457 e. The summed E-state index contributed by atoms with van der Waals surface area (Å²) in [6.07, 6.45) is 8.87. The van der Waals surface area contributed by atoms with Crippen LogP contribution < -0.4 is 20.7 Å². The third-order valence-corrected chi connectivity index (χ3v) is 5.50. The lowest BCUT2D eigenvalue weighted by atomic mass is 9.95. The molecule has 5 nitrogen and oxygen atoms in total. The summed E-state index contributed by atoms with van der Waals surface area (Å²) >= 11 is 0. The molecule has 1 fully saturated rings. The Bertz CT molecular complexity index is 728. The predicted octanol–water partition coefficient (Wildman–Crippen LogP) is 4.50. The molecule has 0 atom stereocenters. The van der Waals surface area contributed by atoms with E-state index in [-0.39, 0.29) is 5.91 Å². The molecule has 0 radical (unpaired) electrons. The molecule has 2 aromatic rings. The molecule has 30 heavy (non-hydrogen) atoms. The van der Waals surface area contributed by atoms with Crippen molar-refractivity contribution in [1.82, 2.24) is 16.0 Å². The molecule has 1 amide bonds. The van der Waals surface area contributed by atoms with Crippen LogP contribution in [0.2, 0.25) is 0 Å². The fourth-order valence-electron chi connectivity index (χ4n) is 3.77. The first-order valence-corrected chi connectivity index (χ1v) is 11.4. The quantitative estimate of drug-likeness (QED) is 0.452. The summed E-state index contributed by atoms with van der Waals surface area (Å²) in [6, 6.07) is 17.6. The molecular formula is C25H35N3O2. The van der Waals surface area contributed by atoms with Crippen molar-refractivity contribution in [2.45, 2.75) is 51.0 Å². The first-order chi connectivity index (χ1) is 14.8. The van der Waals surface area contributed by atoms with Crippen LogP contribution in [-0.2, 0) is 0 Å². The van der Waals surface area contributed by atoms with Gasteiger partial charge in [0.2, 0.25) is 0 Å². The van der Waals surface area contributed by atoms with Crippen LogP contribution >= 0.6 is 0 Å². The van der Waals surface area contributed by atoms with Crippen molar-refractivity contribution in [2.75, 3.05) is 26.2 Å². The van der Waals surface area contributed by atoms with E-state index in [1.54, 1.807) is 12.1 Å². The number of benzene rings is 2. The van der Waals surface area contributed by atoms with Crippen LogP contribution in [0, 0.1) is 0 Å². The summed E-state index contributed by atoms with van der Waals surface area (Å²) in [5, 5.41) is 10.1. The normalized spacial score (nSPS) is 14.4. The van der Waals surface area contributed by atoms with Gasteiger partial charge in [0.1, 0.15) is 11.5 Å². The summed E-state index contributed by atoms with van der Waals surface area (Å²) < 4.78 is 5.76. The number of ether oxygens (including phenoxy) is 1. The van der Waals surface area contributed by atoms with Gasteiger partial charge < -0.3 is 20.7 Å². The summed E-state index contributed by atoms with van der Waals surface area (Å²) in [7, 11) is 0. The van der Waals surface area contributed by atoms with E-state index >= 15 is 0 Å². The first-order valence-electron chi connectivity index (χ1n) is 11.4. The Morgan fingerprint density at radius 1 is 0.800 bits per heavy atom. The van der Waals surface area contributed by atoms with Gasteiger partial charge in [-0.25, -0.2) is 0 Å². The number of carbonyl (C=O) groups is 1. The Balaban J connectivity index is 1.21. The molecule has 0 unspecified atom stereocenters. The van der Waals surface area contributed by atoms with Crippen LogP contribution in [0.1, 0.15) is 55.3 Å². The van der Waals surface area contributed by atoms with Crippen molar-refractivity contribution in [3.05, 3.63) is 60.2 Å². The number of amides is 1. The maximum Gasteiger partial charge on any atom is 0.251 e. The number of rotatable bonds is 12. The lowest BCUT2D eigenvalue weighted by molar-refractivity contribution is 0.0953. The van der Waals surface area contributed by atoms with E-state index in [1.165, 1.54) is 32.1 Å². The summed E-state index contributed by atoms with van der Waals surface area (Å²) in [4.78, 5) is 12.3. The average Bonchev–Trinajstić information content (AvgIpc) is 2.80. The Morgan fingerprint density at radius 2 is 1.50 bits per heavy atom. The van der Waals surface area contributed by atoms with Crippen molar-refractivity contribution < 1.29 is 9.53 Å². The highest BCUT2D eigenvalue weighted by Crippen LogP contribution is 2.21. The van der Waals surface area contributed by atoms with E-state index in [2.05, 4.69) is 16.0 Å². The predicted molar refractivity (Wildman–Crippen MR) is 122 cm³/mol. The smallest absolute Gasteiger partial charge is 0.251 e. The zero-order chi connectivity index (χ0) is 20.9. The Hall–Kier alpha value is -2.37. The summed E-state index contributed by atoms with van der Waals surface area (Å²) in [5.41, 5.74) is 0.655. The molecule has 0 spiro atoms. The van der Waals surface area contributed by atoms with Crippen LogP contribution in [0.4, 0.5) is 0 Å². The Kier molecular flexibility index (Phi) is 9.70. The molecule has 0 heterocycles. The number of hydrogen-bond donors (Lipinski definition) is 3. The van der Waals surface area contributed by atoms with Gasteiger partial charge in [-0.05, 0) is 68.6 Å². The number of carbonyl (C=O) groups excluding carboxylic acids is 1. The third kappa shape index (κ3) is 8.17. The van der Waals surface area contributed by atoms with Gasteiger partial charge in [0.25, 0.3) is 5.91 Å². The van der Waals surface area contributed by atoms with Crippen molar-refractivity contribution in [2.24, 2.45) is 0 Å². The van der Waals surface area contributed by atoms with Gasteiger partial charge in [0.15, 0.2) is 0 Å². The number of para-hydroxylation sites is 1. The topological polar surface area (TPSA) is 62.4 Å². The molecule has 0 bridgehead atoms. The molecule has 1 saturated carbocycles. The lowest BCUT2D eigenvalue weighted by Crippen LogP contribution is -2.36. The molecule has 1 aliphatic carbocycles. The molecule has 0 aromatic heterocycles. The minimum absolute atomic E-state index is 0.0362. The number of hydrogen-bond acceptors (Lipinski definition) is 4. The Labute approximate surface area is 180 Å². The first kappa shape index (κ1) is 22.3. The molecule has 3 rings (SSSR count). The minimum atomic E-state index is -0.0362. The second-order valence-corrected chi connectivity index (χ2v) is 7.94. The number of unbranched alkanes of at least 4 members (excludes halogenated alkanes) is 1. The van der Waals surface area contributed by atoms with Gasteiger partial charge in [-0.3, -0.25) is 4.79 Å². The van der Waals surface area contributed by atoms with Gasteiger partial charge in [-0.1, -0.05) is 37.5 Å². The van der Waals surface area contributed by atoms with Gasteiger partial charge in [0.05, 0.1) is 0 Å². The third-order valence-electron chi connectivity index (χ3n) is 5.50. The molecule has 3 N–H and O–H groups in total. The SMILES string of the molecule is O=C(NCCCCNCCNC1CCCCC1)c1ccc(Oc2ccccc2)cc1. The van der Waals surface area contributed by atoms with E-state index in [0.717, 1.165) is 50.0 Å². The number of nitrogens with one attached hydrogen (secondary N) is 3. The summed E-state index contributed by atoms with van der Waals surface area (Å²) in [6.45, 7) is 3.75. The van der Waals surface area contributed by atoms with Crippen molar-refractivity contribution in [1.29, 1.82) is 0 Å². The second-order valence-electron chi connectivity index (χ2n) is 7.94. The van der Waals surface area contributed by atoms with E-state index in [0.29, 0.717) is 12.1 Å². The van der Waals surface area contributed by atoms with Crippen molar-refractivity contribution in [3.8, 4) is 11.5 Å². The molecular weight excluding hydrogens is 374 g/mol. The van der Waals surface area contributed by atoms with Crippen molar-refractivity contribution in [3.63, 3.8) is 0 Å². The van der Waals surface area contributed by atoms with Gasteiger partial charge in [0, 0.05) is 31.2 Å². The molecule has 5 heteroatoms. The van der Waals surface area contributed by atoms with Crippen LogP contribution in [0.25, 0.3) is 0 Å². The monoisotopic (exact) mass is 409 g/mol. The molecule has 0 saturated heterocycles. The second kappa shape index (κ2) is 13.0. The highest BCUT2D eigenvalue weighted by atomic mass is 16.5. The highest BCUT2D eigenvalue weighted by Gasteiger charge is 2.11. The standard InChI is InChI=1S/C25H35N3O2/c29-25(21-13-15-24(16-14-21)30-23-11-5-2-6-12-23)28-18-8-7-17-26-19-20-27-22-9-3-1-4-10-22/h2,5-6,11-16,22,26-27H,1,3-4,7-10,17-20H2,(H,28,29). The zero-order valence-corrected chi connectivity index (χ0v) is 17.9. The van der Waals surface area contributed by atoms with Crippen molar-refractivity contribution >= 4 is 5.91 Å². The average molecular weight is 410 g/mol. The van der Waals surface area contributed by atoms with Crippen LogP contribution in [0.3, 0.4) is 0 Å². The minimum Gasteiger partial charge on any atom is -0.457 e. The lowest BCUT2D eigenvalue weighted by Gasteiger charge is -2.22. The fourth-order valence-corrected chi connectivity index (χ4v) is 3.77. The van der Waals surface area contributed by atoms with Crippen LogP contribution in [0.5, 0.6) is 11.5 Å². The highest BCUT2D eigenvalue weighted by molar-refractivity contribution is 5.94. The molecule has 2 aromatic carbocycles. The van der Waals surface area contributed by atoms with E-state index in [4.69, 9.17) is 4.74 Å². The van der Waals surface area contributed by atoms with Crippen LogP contribution in [0.15, 0.2) is 54.6 Å². The summed E-state index contributed by atoms with van der Waals surface area (Å²) in [5.74, 6) is 1.47. The molecule has 1 aliphatic rings. The molecule has 0 aliphatic heterocycles. The van der Waals surface area contributed by atoms with Gasteiger partial charge in [-0.2, -0.15) is 0 Å². The van der Waals surface area contributed by atoms with Gasteiger partial charge >= 0.3 is 0 Å². The maximum atomic E-state index is 12.3. The van der Waals surface area contributed by atoms with Gasteiger partial charge in [-0.15, -0.1) is 0 Å².